The van der Waals surface area contributed by atoms with Gasteiger partial charge in [0, 0.05) is 5.56 Å². The smallest absolute Gasteiger partial charge is 0.416 e. The predicted octanol–water partition coefficient (Wildman–Crippen LogP) is 7.50. The number of carbonyl (C=O) groups is 1. The van der Waals surface area contributed by atoms with Gasteiger partial charge >= 0.3 is 12.1 Å². The lowest BCUT2D eigenvalue weighted by atomic mass is 10.0. The van der Waals surface area contributed by atoms with Gasteiger partial charge in [-0.25, -0.2) is 0 Å². The number of para-hydroxylation sites is 1. The Bertz CT molecular complexity index is 1290. The summed E-state index contributed by atoms with van der Waals surface area (Å²) >= 11 is 0. The van der Waals surface area contributed by atoms with E-state index in [1.165, 1.54) is 24.3 Å². The molecule has 0 spiro atoms. The van der Waals surface area contributed by atoms with Crippen LogP contribution < -0.4 is 4.74 Å². The number of alkyl halides is 3. The van der Waals surface area contributed by atoms with Crippen LogP contribution in [0.2, 0.25) is 0 Å². The van der Waals surface area contributed by atoms with E-state index in [9.17, 15) is 23.2 Å². The van der Waals surface area contributed by atoms with Crippen LogP contribution in [0.1, 0.15) is 31.1 Å². The molecule has 0 N–H and O–H groups in total. The van der Waals surface area contributed by atoms with Gasteiger partial charge in [-0.3, -0.25) is 4.79 Å². The molecule has 1 saturated carbocycles. The molecule has 0 amide bonds. The minimum atomic E-state index is -4.58. The Hall–Kier alpha value is -4.05. The van der Waals surface area contributed by atoms with Crippen LogP contribution in [0.3, 0.4) is 0 Å². The van der Waals surface area contributed by atoms with Crippen molar-refractivity contribution < 1.29 is 27.4 Å². The number of nitriles is 1. The molecule has 0 heterocycles. The number of hydrogen-bond acceptors (Lipinski definition) is 4. The van der Waals surface area contributed by atoms with E-state index in [0.29, 0.717) is 17.1 Å². The maximum absolute atomic E-state index is 13.8. The summed E-state index contributed by atoms with van der Waals surface area (Å²) in [5.74, 6) is -1.14. The third kappa shape index (κ3) is 5.44. The van der Waals surface area contributed by atoms with Crippen molar-refractivity contribution in [1.29, 1.82) is 5.26 Å². The largest absolute Gasteiger partial charge is 0.457 e. The number of rotatable bonds is 7. The first kappa shape index (κ1) is 25.1. The van der Waals surface area contributed by atoms with Crippen LogP contribution in [0.25, 0.3) is 5.57 Å². The van der Waals surface area contributed by atoms with Gasteiger partial charge in [0.25, 0.3) is 0 Å². The number of allylic oxidation sites excluding steroid dienone is 2. The van der Waals surface area contributed by atoms with Gasteiger partial charge in [0.05, 0.1) is 11.5 Å². The maximum Gasteiger partial charge on any atom is 0.416 e. The van der Waals surface area contributed by atoms with Gasteiger partial charge in [0.15, 0.2) is 0 Å². The molecule has 3 unspecified atom stereocenters. The molecule has 0 saturated heterocycles. The molecule has 1 aliphatic carbocycles. The first-order valence-corrected chi connectivity index (χ1v) is 11.4. The van der Waals surface area contributed by atoms with E-state index in [4.69, 9.17) is 9.47 Å². The van der Waals surface area contributed by atoms with Crippen molar-refractivity contribution in [2.24, 2.45) is 17.3 Å². The topological polar surface area (TPSA) is 59.3 Å². The van der Waals surface area contributed by atoms with Gasteiger partial charge in [0.1, 0.15) is 17.6 Å². The standard InChI is InChI=1S/C29H24F3NO3/c1-28(2)24(17-23(29(30,31)32)19-10-5-3-6-11-19)26(28)27(34)36-25(18-33)20-12-9-15-22(16-20)35-21-13-7-4-8-14-21/h3-17,24-26H,1-2H3. The molecule has 3 atom stereocenters. The van der Waals surface area contributed by atoms with Crippen molar-refractivity contribution in [2.75, 3.05) is 0 Å². The Kier molecular flexibility index (Phi) is 6.89. The summed E-state index contributed by atoms with van der Waals surface area (Å²) < 4.78 is 52.7. The number of halogens is 3. The summed E-state index contributed by atoms with van der Waals surface area (Å²) in [6.45, 7) is 3.43. The summed E-state index contributed by atoms with van der Waals surface area (Å²) in [5, 5.41) is 9.68. The zero-order valence-electron chi connectivity index (χ0n) is 19.7. The van der Waals surface area contributed by atoms with Gasteiger partial charge < -0.3 is 9.47 Å². The molecule has 1 fully saturated rings. The summed E-state index contributed by atoms with van der Waals surface area (Å²) in [4.78, 5) is 13.0. The van der Waals surface area contributed by atoms with Crippen LogP contribution in [-0.2, 0) is 9.53 Å². The second kappa shape index (κ2) is 9.90. The Morgan fingerprint density at radius 3 is 2.19 bits per heavy atom. The summed E-state index contributed by atoms with van der Waals surface area (Å²) in [5.41, 5.74) is -1.10. The van der Waals surface area contributed by atoms with Crippen molar-refractivity contribution in [3.8, 4) is 17.6 Å². The minimum absolute atomic E-state index is 0.0324. The van der Waals surface area contributed by atoms with E-state index in [1.54, 1.807) is 56.3 Å². The van der Waals surface area contributed by atoms with E-state index in [2.05, 4.69) is 0 Å². The normalized spacial score (nSPS) is 19.6. The highest BCUT2D eigenvalue weighted by Gasteiger charge is 2.62. The molecule has 1 aliphatic rings. The van der Waals surface area contributed by atoms with Crippen molar-refractivity contribution in [3.05, 3.63) is 102 Å². The highest BCUT2D eigenvalue weighted by atomic mass is 19.4. The third-order valence-corrected chi connectivity index (χ3v) is 6.39. The molecule has 0 aliphatic heterocycles. The van der Waals surface area contributed by atoms with E-state index in [1.807, 2.05) is 24.3 Å². The molecular weight excluding hydrogens is 467 g/mol. The molecule has 3 aromatic carbocycles. The monoisotopic (exact) mass is 491 g/mol. The summed E-state index contributed by atoms with van der Waals surface area (Å²) in [7, 11) is 0. The number of benzene rings is 3. The molecular formula is C29H24F3NO3. The van der Waals surface area contributed by atoms with Crippen molar-refractivity contribution in [2.45, 2.75) is 26.1 Å². The number of ether oxygens (including phenoxy) is 2. The Labute approximate surface area is 207 Å². The molecule has 4 rings (SSSR count). The lowest BCUT2D eigenvalue weighted by Crippen LogP contribution is -2.15. The van der Waals surface area contributed by atoms with Crippen LogP contribution in [-0.4, -0.2) is 12.1 Å². The molecule has 0 radical (unpaired) electrons. The van der Waals surface area contributed by atoms with E-state index in [-0.39, 0.29) is 5.56 Å². The molecule has 7 heteroatoms. The fourth-order valence-electron chi connectivity index (χ4n) is 4.31. The van der Waals surface area contributed by atoms with Gasteiger partial charge in [-0.2, -0.15) is 18.4 Å². The first-order valence-electron chi connectivity index (χ1n) is 11.4. The molecule has 36 heavy (non-hydrogen) atoms. The molecule has 184 valence electrons. The van der Waals surface area contributed by atoms with E-state index < -0.39 is 41.1 Å². The third-order valence-electron chi connectivity index (χ3n) is 6.39. The summed E-state index contributed by atoms with van der Waals surface area (Å²) in [6, 6.07) is 25.1. The van der Waals surface area contributed by atoms with Gasteiger partial charge in [0.2, 0.25) is 6.10 Å². The highest BCUT2D eigenvalue weighted by Crippen LogP contribution is 2.61. The number of esters is 1. The molecule has 3 aromatic rings. The lowest BCUT2D eigenvalue weighted by molar-refractivity contribution is -0.149. The molecule has 4 nitrogen and oxygen atoms in total. The number of carbonyl (C=O) groups excluding carboxylic acids is 1. The lowest BCUT2D eigenvalue weighted by Gasteiger charge is -2.14. The highest BCUT2D eigenvalue weighted by molar-refractivity contribution is 5.80. The Morgan fingerprint density at radius 1 is 0.972 bits per heavy atom. The van der Waals surface area contributed by atoms with Gasteiger partial charge in [-0.05, 0) is 41.2 Å². The van der Waals surface area contributed by atoms with E-state index in [0.717, 1.165) is 6.08 Å². The van der Waals surface area contributed by atoms with E-state index >= 15 is 0 Å². The van der Waals surface area contributed by atoms with Crippen molar-refractivity contribution in [3.63, 3.8) is 0 Å². The fraction of sp³-hybridized carbons (Fsp3) is 0.241. The average molecular weight is 492 g/mol. The quantitative estimate of drug-likeness (QED) is 0.321. The van der Waals surface area contributed by atoms with Crippen LogP contribution in [0, 0.1) is 28.6 Å². The average Bonchev–Trinajstić information content (AvgIpc) is 3.41. The Balaban J connectivity index is 1.52. The van der Waals surface area contributed by atoms with Crippen molar-refractivity contribution in [1.82, 2.24) is 0 Å². The van der Waals surface area contributed by atoms with Crippen LogP contribution >= 0.6 is 0 Å². The number of hydrogen-bond donors (Lipinski definition) is 0. The predicted molar refractivity (Wildman–Crippen MR) is 129 cm³/mol. The van der Waals surface area contributed by atoms with Crippen molar-refractivity contribution >= 4 is 11.5 Å². The molecule has 0 aromatic heterocycles. The second-order valence-electron chi connectivity index (χ2n) is 9.20. The van der Waals surface area contributed by atoms with Gasteiger partial charge in [-0.15, -0.1) is 0 Å². The SMILES string of the molecule is CC1(C)C(C=C(c2ccccc2)C(F)(F)F)C1C(=O)OC(C#N)c1cccc(Oc2ccccc2)c1. The molecule has 0 bridgehead atoms. The fourth-order valence-corrected chi connectivity index (χ4v) is 4.31. The van der Waals surface area contributed by atoms with Crippen LogP contribution in [0.5, 0.6) is 11.5 Å². The zero-order chi connectivity index (χ0) is 25.9. The maximum atomic E-state index is 13.8. The van der Waals surface area contributed by atoms with Crippen LogP contribution in [0.4, 0.5) is 13.2 Å². The first-order chi connectivity index (χ1) is 17.1. The Morgan fingerprint density at radius 2 is 1.58 bits per heavy atom. The minimum Gasteiger partial charge on any atom is -0.457 e. The summed E-state index contributed by atoms with van der Waals surface area (Å²) in [6.07, 6.45) is -4.70. The van der Waals surface area contributed by atoms with Gasteiger partial charge in [-0.1, -0.05) is 80.6 Å². The zero-order valence-corrected chi connectivity index (χ0v) is 19.7. The number of nitrogens with zero attached hydrogens (tertiary/aromatic N) is 1. The second-order valence-corrected chi connectivity index (χ2v) is 9.20. The van der Waals surface area contributed by atoms with Crippen LogP contribution in [0.15, 0.2) is 91.0 Å².